The van der Waals surface area contributed by atoms with E-state index in [0.717, 1.165) is 68.8 Å². The highest BCUT2D eigenvalue weighted by molar-refractivity contribution is 7.14. The molecule has 6 heterocycles. The Bertz CT molecular complexity index is 2480. The molecule has 58 heavy (non-hydrogen) atoms. The van der Waals surface area contributed by atoms with Crippen LogP contribution in [0.4, 0.5) is 11.4 Å². The lowest BCUT2D eigenvalue weighted by Gasteiger charge is -2.27. The molecule has 1 saturated carbocycles. The topological polar surface area (TPSA) is 226 Å². The van der Waals surface area contributed by atoms with Gasteiger partial charge in [-0.15, -0.1) is 10.2 Å². The number of fused-ring (bicyclic) bond motifs is 2. The molecule has 3 aliphatic rings. The summed E-state index contributed by atoms with van der Waals surface area (Å²) in [6.45, 7) is 0.974. The summed E-state index contributed by atoms with van der Waals surface area (Å²) in [5, 5.41) is 36.2. The highest BCUT2D eigenvalue weighted by Gasteiger charge is 2.44. The molecule has 5 amide bonds. The highest BCUT2D eigenvalue weighted by Crippen LogP contribution is 2.39. The fourth-order valence-corrected chi connectivity index (χ4v) is 8.67. The molecule has 2 aliphatic heterocycles. The second kappa shape index (κ2) is 16.5. The van der Waals surface area contributed by atoms with Crippen molar-refractivity contribution in [3.63, 3.8) is 0 Å². The number of pyridine rings is 1. The monoisotopic (exact) mass is 801 g/mol. The summed E-state index contributed by atoms with van der Waals surface area (Å²) < 4.78 is 7.44. The van der Waals surface area contributed by atoms with Crippen LogP contribution in [0, 0.1) is 11.3 Å². The van der Waals surface area contributed by atoms with Crippen molar-refractivity contribution < 1.29 is 28.7 Å². The van der Waals surface area contributed by atoms with Crippen LogP contribution in [0.2, 0.25) is 0 Å². The molecule has 4 N–H and O–H groups in total. The number of anilines is 2. The molecule has 17 nitrogen and oxygen atoms in total. The first-order valence-corrected chi connectivity index (χ1v) is 19.9. The van der Waals surface area contributed by atoms with Gasteiger partial charge in [-0.1, -0.05) is 11.3 Å². The molecule has 8 rings (SSSR count). The fraction of sp³-hybridized carbons (Fsp3) is 0.350. The number of nitriles is 1. The molecule has 5 aromatic rings. The number of aromatic nitrogens is 5. The van der Waals surface area contributed by atoms with E-state index in [-0.39, 0.29) is 54.9 Å². The molecule has 4 aromatic heterocycles. The zero-order chi connectivity index (χ0) is 40.3. The van der Waals surface area contributed by atoms with E-state index in [2.05, 4.69) is 42.6 Å². The predicted octanol–water partition coefficient (Wildman–Crippen LogP) is 3.89. The standard InChI is InChI=1S/C40H39N11O6S/c1-42-30-18-31(32-9-7-26-16-22(19-41)20-45-51(26)32)44-21-29(30)38-49-48-37(58-38)23-2-4-24(5-3-23)46-35(53)12-14-57-15-13-43-25-6-8-27-28(17-25)40(56)50(39(27)55)33-10-11-34(52)47-36(33)54/h6-9,16-18,20-21,23-24,33,43H,2-5,10-15H2,1H3,(H,42,44)(H,46,53)(H,47,52,54)/t23-,24+,33?. The third kappa shape index (κ3) is 7.73. The number of benzene rings is 1. The maximum atomic E-state index is 13.1. The number of ether oxygens (including phenoxy) is 1. The number of amides is 5. The Morgan fingerprint density at radius 3 is 2.59 bits per heavy atom. The lowest BCUT2D eigenvalue weighted by molar-refractivity contribution is -0.136. The molecule has 1 unspecified atom stereocenters. The van der Waals surface area contributed by atoms with Crippen molar-refractivity contribution in [2.45, 2.75) is 62.9 Å². The van der Waals surface area contributed by atoms with Crippen molar-refractivity contribution in [1.82, 2.24) is 40.3 Å². The second-order valence-electron chi connectivity index (χ2n) is 14.3. The molecule has 1 aromatic carbocycles. The Hall–Kier alpha value is -6.58. The second-order valence-corrected chi connectivity index (χ2v) is 15.3. The van der Waals surface area contributed by atoms with Crippen LogP contribution in [0.1, 0.15) is 82.2 Å². The summed E-state index contributed by atoms with van der Waals surface area (Å²) in [6.07, 6.45) is 7.16. The maximum absolute atomic E-state index is 13.1. The largest absolute Gasteiger partial charge is 0.387 e. The van der Waals surface area contributed by atoms with Crippen LogP contribution in [0.5, 0.6) is 0 Å². The molecule has 0 bridgehead atoms. The Morgan fingerprint density at radius 2 is 1.79 bits per heavy atom. The van der Waals surface area contributed by atoms with Gasteiger partial charge in [0.05, 0.1) is 58.6 Å². The summed E-state index contributed by atoms with van der Waals surface area (Å²) in [4.78, 5) is 68.2. The van der Waals surface area contributed by atoms with Gasteiger partial charge in [-0.3, -0.25) is 39.2 Å². The van der Waals surface area contributed by atoms with Gasteiger partial charge in [-0.25, -0.2) is 4.52 Å². The number of hydrogen-bond donors (Lipinski definition) is 4. The van der Waals surface area contributed by atoms with Crippen molar-refractivity contribution in [2.24, 2.45) is 0 Å². The van der Waals surface area contributed by atoms with Crippen molar-refractivity contribution in [3.8, 4) is 28.0 Å². The number of nitrogens with one attached hydrogen (secondary N) is 4. The van der Waals surface area contributed by atoms with Gasteiger partial charge in [0.15, 0.2) is 5.01 Å². The van der Waals surface area contributed by atoms with Crippen LogP contribution in [0.15, 0.2) is 54.9 Å². The third-order valence-electron chi connectivity index (χ3n) is 10.7. The van der Waals surface area contributed by atoms with Gasteiger partial charge in [0, 0.05) is 56.0 Å². The molecule has 296 valence electrons. The third-order valence-corrected chi connectivity index (χ3v) is 11.8. The van der Waals surface area contributed by atoms with E-state index < -0.39 is 29.7 Å². The zero-order valence-electron chi connectivity index (χ0n) is 31.5. The molecule has 0 spiro atoms. The first-order valence-electron chi connectivity index (χ1n) is 19.1. The quantitative estimate of drug-likeness (QED) is 0.0981. The number of carbonyl (C=O) groups excluding carboxylic acids is 5. The molecule has 1 aliphatic carbocycles. The number of hydrogen-bond acceptors (Lipinski definition) is 14. The lowest BCUT2D eigenvalue weighted by atomic mass is 9.86. The summed E-state index contributed by atoms with van der Waals surface area (Å²) in [7, 11) is 1.85. The average molecular weight is 802 g/mol. The minimum absolute atomic E-state index is 0.0588. The smallest absolute Gasteiger partial charge is 0.262 e. The first-order chi connectivity index (χ1) is 28.2. The number of rotatable bonds is 13. The number of carbonyl (C=O) groups is 5. The molecular weight excluding hydrogens is 763 g/mol. The maximum Gasteiger partial charge on any atom is 0.262 e. The molecule has 2 fully saturated rings. The molecule has 0 radical (unpaired) electrons. The van der Waals surface area contributed by atoms with Gasteiger partial charge >= 0.3 is 0 Å². The molecule has 1 atom stereocenters. The van der Waals surface area contributed by atoms with E-state index in [4.69, 9.17) is 9.72 Å². The molecular formula is C40H39N11O6S. The number of piperidine rings is 1. The van der Waals surface area contributed by atoms with Crippen molar-refractivity contribution >= 4 is 57.8 Å². The molecule has 18 heteroatoms. The summed E-state index contributed by atoms with van der Waals surface area (Å²) >= 11 is 1.56. The van der Waals surface area contributed by atoms with E-state index in [1.807, 2.05) is 25.2 Å². The Kier molecular flexibility index (Phi) is 10.9. The van der Waals surface area contributed by atoms with Gasteiger partial charge in [-0.05, 0) is 74.6 Å². The van der Waals surface area contributed by atoms with Crippen LogP contribution < -0.4 is 21.3 Å². The summed E-state index contributed by atoms with van der Waals surface area (Å²) in [5.74, 6) is -2.01. The highest BCUT2D eigenvalue weighted by atomic mass is 32.1. The predicted molar refractivity (Wildman–Crippen MR) is 212 cm³/mol. The summed E-state index contributed by atoms with van der Waals surface area (Å²) in [5.41, 5.74) is 5.57. The minimum atomic E-state index is -1.02. The Balaban J connectivity index is 0.758. The van der Waals surface area contributed by atoms with Crippen molar-refractivity contribution in [2.75, 3.05) is 37.4 Å². The van der Waals surface area contributed by atoms with E-state index in [0.29, 0.717) is 24.4 Å². The Labute approximate surface area is 336 Å². The normalized spacial score (nSPS) is 19.2. The van der Waals surface area contributed by atoms with Gasteiger partial charge in [0.1, 0.15) is 17.1 Å². The number of nitrogens with zero attached hydrogens (tertiary/aromatic N) is 7. The van der Waals surface area contributed by atoms with E-state index in [1.165, 1.54) is 6.20 Å². The summed E-state index contributed by atoms with van der Waals surface area (Å²) in [6, 6.07) is 13.6. The van der Waals surface area contributed by atoms with E-state index >= 15 is 0 Å². The van der Waals surface area contributed by atoms with Crippen LogP contribution in [-0.4, -0.2) is 98.1 Å². The minimum Gasteiger partial charge on any atom is -0.387 e. The van der Waals surface area contributed by atoms with Gasteiger partial charge in [-0.2, -0.15) is 10.4 Å². The zero-order valence-corrected chi connectivity index (χ0v) is 32.3. The van der Waals surface area contributed by atoms with Crippen LogP contribution in [0.3, 0.4) is 0 Å². The van der Waals surface area contributed by atoms with Gasteiger partial charge < -0.3 is 20.7 Å². The van der Waals surface area contributed by atoms with Crippen molar-refractivity contribution in [3.05, 3.63) is 76.6 Å². The van der Waals surface area contributed by atoms with E-state index in [9.17, 15) is 29.2 Å². The number of imide groups is 2. The lowest BCUT2D eigenvalue weighted by Crippen LogP contribution is -2.54. The average Bonchev–Trinajstić information content (AvgIpc) is 3.96. The van der Waals surface area contributed by atoms with Crippen LogP contribution in [0.25, 0.3) is 27.5 Å². The van der Waals surface area contributed by atoms with E-state index in [1.54, 1.807) is 46.3 Å². The SMILES string of the molecule is CNc1cc(-c2ccc3cc(C#N)cnn23)ncc1-c1nnc([C@H]2CC[C@@H](NC(=O)CCOCCNc3ccc4c(c3)C(=O)N(C3CCC(=O)NC3=O)C4=O)CC2)s1. The van der Waals surface area contributed by atoms with Crippen LogP contribution >= 0.6 is 11.3 Å². The molecule has 1 saturated heterocycles. The van der Waals surface area contributed by atoms with Crippen molar-refractivity contribution in [1.29, 1.82) is 5.26 Å². The fourth-order valence-electron chi connectivity index (χ4n) is 7.64. The van der Waals surface area contributed by atoms with Gasteiger partial charge in [0.25, 0.3) is 11.8 Å². The first kappa shape index (κ1) is 38.3. The van der Waals surface area contributed by atoms with Gasteiger partial charge in [0.2, 0.25) is 17.7 Å². The van der Waals surface area contributed by atoms with Crippen LogP contribution in [-0.2, 0) is 19.1 Å². The Morgan fingerprint density at radius 1 is 0.966 bits per heavy atom.